The summed E-state index contributed by atoms with van der Waals surface area (Å²) in [6.07, 6.45) is 0.457. The van der Waals surface area contributed by atoms with E-state index in [1.165, 1.54) is 4.88 Å². The van der Waals surface area contributed by atoms with E-state index in [9.17, 15) is 4.79 Å². The van der Waals surface area contributed by atoms with Crippen LogP contribution in [0.25, 0.3) is 0 Å². The first-order chi connectivity index (χ1) is 10.0. The molecule has 0 aliphatic rings. The lowest BCUT2D eigenvalue weighted by Gasteiger charge is -2.15. The van der Waals surface area contributed by atoms with Crippen molar-refractivity contribution in [2.75, 3.05) is 24.6 Å². The molecule has 2 rings (SSSR count). The fraction of sp³-hybridized carbons (Fsp3) is 0.333. The van der Waals surface area contributed by atoms with Crippen molar-refractivity contribution >= 4 is 28.6 Å². The van der Waals surface area contributed by atoms with Crippen molar-refractivity contribution in [2.24, 2.45) is 0 Å². The SMILES string of the molecule is Cc1ncsc1CN(C)CCC(=O)Nc1ccc(N)cc1. The Hall–Kier alpha value is -1.92. The van der Waals surface area contributed by atoms with E-state index in [1.807, 2.05) is 19.5 Å². The van der Waals surface area contributed by atoms with E-state index in [1.54, 1.807) is 35.6 Å². The molecule has 0 aliphatic heterocycles. The lowest BCUT2D eigenvalue weighted by Crippen LogP contribution is -2.24. The predicted molar refractivity (Wildman–Crippen MR) is 87.3 cm³/mol. The molecule has 0 saturated heterocycles. The highest BCUT2D eigenvalue weighted by Crippen LogP contribution is 2.14. The lowest BCUT2D eigenvalue weighted by atomic mass is 10.2. The van der Waals surface area contributed by atoms with Crippen molar-refractivity contribution in [3.05, 3.63) is 40.3 Å². The van der Waals surface area contributed by atoms with E-state index in [0.717, 1.165) is 17.9 Å². The van der Waals surface area contributed by atoms with Crippen LogP contribution in [0.5, 0.6) is 0 Å². The molecule has 1 aromatic heterocycles. The second-order valence-corrected chi connectivity index (χ2v) is 5.96. The monoisotopic (exact) mass is 304 g/mol. The first-order valence-corrected chi connectivity index (χ1v) is 7.65. The Morgan fingerprint density at radius 1 is 1.38 bits per heavy atom. The van der Waals surface area contributed by atoms with Crippen LogP contribution >= 0.6 is 11.3 Å². The van der Waals surface area contributed by atoms with Crippen LogP contribution in [0.2, 0.25) is 0 Å². The van der Waals surface area contributed by atoms with Gasteiger partial charge in [0.1, 0.15) is 0 Å². The van der Waals surface area contributed by atoms with Gasteiger partial charge in [-0.2, -0.15) is 0 Å². The van der Waals surface area contributed by atoms with E-state index in [-0.39, 0.29) is 5.91 Å². The maximum absolute atomic E-state index is 11.9. The number of nitrogens with one attached hydrogen (secondary N) is 1. The number of carbonyl (C=O) groups excluding carboxylic acids is 1. The third-order valence-corrected chi connectivity index (χ3v) is 4.09. The van der Waals surface area contributed by atoms with Gasteiger partial charge in [-0.25, -0.2) is 4.98 Å². The minimum Gasteiger partial charge on any atom is -0.399 e. The first-order valence-electron chi connectivity index (χ1n) is 6.77. The van der Waals surface area contributed by atoms with Crippen molar-refractivity contribution in [1.82, 2.24) is 9.88 Å². The number of nitrogen functional groups attached to an aromatic ring is 1. The first kappa shape index (κ1) is 15.5. The minimum atomic E-state index is 0.00708. The Bertz CT molecular complexity index is 594. The number of thiazole rings is 1. The van der Waals surface area contributed by atoms with Gasteiger partial charge in [0.05, 0.1) is 11.2 Å². The van der Waals surface area contributed by atoms with Gasteiger partial charge in [-0.15, -0.1) is 11.3 Å². The number of aromatic nitrogens is 1. The van der Waals surface area contributed by atoms with Gasteiger partial charge in [0.15, 0.2) is 0 Å². The van der Waals surface area contributed by atoms with Gasteiger partial charge in [-0.1, -0.05) is 0 Å². The fourth-order valence-electron chi connectivity index (χ4n) is 1.88. The molecule has 0 spiro atoms. The minimum absolute atomic E-state index is 0.00708. The number of benzene rings is 1. The van der Waals surface area contributed by atoms with Gasteiger partial charge in [-0.05, 0) is 38.2 Å². The molecule has 0 radical (unpaired) electrons. The van der Waals surface area contributed by atoms with Gasteiger partial charge in [0.2, 0.25) is 5.91 Å². The molecule has 21 heavy (non-hydrogen) atoms. The number of amides is 1. The summed E-state index contributed by atoms with van der Waals surface area (Å²) in [5.74, 6) is 0.00708. The molecule has 1 amide bonds. The van der Waals surface area contributed by atoms with E-state index < -0.39 is 0 Å². The number of anilines is 2. The Morgan fingerprint density at radius 2 is 2.10 bits per heavy atom. The van der Waals surface area contributed by atoms with Crippen LogP contribution in [0.4, 0.5) is 11.4 Å². The molecule has 2 aromatic rings. The maximum Gasteiger partial charge on any atom is 0.225 e. The highest BCUT2D eigenvalue weighted by molar-refractivity contribution is 7.09. The normalized spacial score (nSPS) is 10.8. The van der Waals surface area contributed by atoms with Crippen LogP contribution in [0.1, 0.15) is 17.0 Å². The molecule has 0 atom stereocenters. The van der Waals surface area contributed by atoms with Crippen LogP contribution in [-0.4, -0.2) is 29.4 Å². The molecule has 0 saturated carbocycles. The van der Waals surface area contributed by atoms with Gasteiger partial charge >= 0.3 is 0 Å². The summed E-state index contributed by atoms with van der Waals surface area (Å²) in [5.41, 5.74) is 9.99. The van der Waals surface area contributed by atoms with Gasteiger partial charge in [-0.3, -0.25) is 4.79 Å². The summed E-state index contributed by atoms with van der Waals surface area (Å²) in [4.78, 5) is 19.5. The summed E-state index contributed by atoms with van der Waals surface area (Å²) in [6.45, 7) is 3.54. The molecule has 6 heteroatoms. The van der Waals surface area contributed by atoms with Crippen molar-refractivity contribution < 1.29 is 4.79 Å². The van der Waals surface area contributed by atoms with E-state index in [0.29, 0.717) is 18.7 Å². The number of hydrogen-bond donors (Lipinski definition) is 2. The van der Waals surface area contributed by atoms with Crippen molar-refractivity contribution in [1.29, 1.82) is 0 Å². The average molecular weight is 304 g/mol. The molecular weight excluding hydrogens is 284 g/mol. The predicted octanol–water partition coefficient (Wildman–Crippen LogP) is 2.49. The zero-order valence-corrected chi connectivity index (χ0v) is 13.1. The third kappa shape index (κ3) is 4.84. The van der Waals surface area contributed by atoms with Crippen LogP contribution in [0.15, 0.2) is 29.8 Å². The number of nitrogens with two attached hydrogens (primary N) is 1. The Labute approximate surface area is 128 Å². The van der Waals surface area contributed by atoms with E-state index in [4.69, 9.17) is 5.73 Å². The molecule has 1 aromatic carbocycles. The zero-order valence-electron chi connectivity index (χ0n) is 12.3. The van der Waals surface area contributed by atoms with Crippen LogP contribution in [0.3, 0.4) is 0 Å². The second-order valence-electron chi connectivity index (χ2n) is 5.02. The number of hydrogen-bond acceptors (Lipinski definition) is 5. The van der Waals surface area contributed by atoms with Crippen molar-refractivity contribution in [2.45, 2.75) is 19.9 Å². The van der Waals surface area contributed by atoms with Crippen LogP contribution in [-0.2, 0) is 11.3 Å². The zero-order chi connectivity index (χ0) is 15.2. The molecule has 0 aliphatic carbocycles. The largest absolute Gasteiger partial charge is 0.399 e. The number of nitrogens with zero attached hydrogens (tertiary/aromatic N) is 2. The molecule has 3 N–H and O–H groups in total. The number of rotatable bonds is 6. The molecule has 112 valence electrons. The number of aryl methyl sites for hydroxylation is 1. The quantitative estimate of drug-likeness (QED) is 0.804. The fourth-order valence-corrected chi connectivity index (χ4v) is 2.74. The smallest absolute Gasteiger partial charge is 0.225 e. The van der Waals surface area contributed by atoms with Crippen LogP contribution < -0.4 is 11.1 Å². The second kappa shape index (κ2) is 7.19. The van der Waals surface area contributed by atoms with Crippen LogP contribution in [0, 0.1) is 6.92 Å². The van der Waals surface area contributed by atoms with E-state index in [2.05, 4.69) is 15.2 Å². The third-order valence-electron chi connectivity index (χ3n) is 3.17. The summed E-state index contributed by atoms with van der Waals surface area (Å²) in [7, 11) is 2.01. The Kier molecular flexibility index (Phi) is 5.30. The summed E-state index contributed by atoms with van der Waals surface area (Å²) >= 11 is 1.65. The lowest BCUT2D eigenvalue weighted by molar-refractivity contribution is -0.116. The average Bonchev–Trinajstić information content (AvgIpc) is 2.85. The standard InChI is InChI=1S/C15H20N4OS/c1-11-14(21-10-17-11)9-19(2)8-7-15(20)18-13-5-3-12(16)4-6-13/h3-6,10H,7-9,16H2,1-2H3,(H,18,20). The molecule has 1 heterocycles. The Balaban J connectivity index is 1.75. The molecule has 5 nitrogen and oxygen atoms in total. The molecular formula is C15H20N4OS. The number of carbonyl (C=O) groups is 1. The van der Waals surface area contributed by atoms with Crippen molar-refractivity contribution in [3.63, 3.8) is 0 Å². The topological polar surface area (TPSA) is 71.2 Å². The molecule has 0 fully saturated rings. The highest BCUT2D eigenvalue weighted by Gasteiger charge is 2.08. The van der Waals surface area contributed by atoms with Gasteiger partial charge in [0.25, 0.3) is 0 Å². The van der Waals surface area contributed by atoms with Gasteiger partial charge in [0, 0.05) is 35.8 Å². The molecule has 0 bridgehead atoms. The summed E-state index contributed by atoms with van der Waals surface area (Å²) in [6, 6.07) is 7.15. The Morgan fingerprint density at radius 3 is 2.71 bits per heavy atom. The highest BCUT2D eigenvalue weighted by atomic mass is 32.1. The maximum atomic E-state index is 11.9. The molecule has 0 unspecified atom stereocenters. The summed E-state index contributed by atoms with van der Waals surface area (Å²) < 4.78 is 0. The van der Waals surface area contributed by atoms with Gasteiger partial charge < -0.3 is 16.0 Å². The van der Waals surface area contributed by atoms with Crippen molar-refractivity contribution in [3.8, 4) is 0 Å². The summed E-state index contributed by atoms with van der Waals surface area (Å²) in [5, 5.41) is 2.86. The van der Waals surface area contributed by atoms with E-state index >= 15 is 0 Å².